The number of halogens is 3. The smallest absolute Gasteiger partial charge is 0.493 e. The molecule has 0 bridgehead atoms. The Labute approximate surface area is 208 Å². The quantitative estimate of drug-likeness (QED) is 0.284. The number of aryl methyl sites for hydroxylation is 2. The topological polar surface area (TPSA) is 45.0 Å². The van der Waals surface area contributed by atoms with Gasteiger partial charge in [-0.05, 0) is 66.2 Å². The van der Waals surface area contributed by atoms with Crippen molar-refractivity contribution in [3.63, 3.8) is 0 Å². The Kier molecular flexibility index (Phi) is 8.43. The van der Waals surface area contributed by atoms with Crippen LogP contribution in [-0.4, -0.2) is 36.8 Å². The van der Waals surface area contributed by atoms with E-state index in [1.807, 2.05) is 16.7 Å². The third-order valence-corrected chi connectivity index (χ3v) is 7.11. The first kappa shape index (κ1) is 24.1. The average molecular weight is 618 g/mol. The van der Waals surface area contributed by atoms with Crippen LogP contribution in [0, 0.1) is 9.77 Å². The zero-order valence-electron chi connectivity index (χ0n) is 16.5. The Morgan fingerprint density at radius 2 is 1.89 bits per heavy atom. The molecular weight excluding hydrogens is 598 g/mol. The Bertz CT molecular complexity index is 900. The summed E-state index contributed by atoms with van der Waals surface area (Å²) < 4.78 is 21.6. The van der Waals surface area contributed by atoms with Gasteiger partial charge in [-0.15, -0.1) is 15.9 Å². The van der Waals surface area contributed by atoms with E-state index in [1.165, 1.54) is 5.56 Å². The van der Waals surface area contributed by atoms with Crippen molar-refractivity contribution in [3.8, 4) is 11.5 Å². The van der Waals surface area contributed by atoms with Gasteiger partial charge in [0.2, 0.25) is 0 Å². The zero-order valence-corrected chi connectivity index (χ0v) is 21.9. The molecule has 28 heavy (non-hydrogen) atoms. The number of ether oxygens (including phenoxy) is 3. The first-order valence-corrected chi connectivity index (χ1v) is 11.0. The van der Waals surface area contributed by atoms with Gasteiger partial charge in [-0.2, -0.15) is 0 Å². The van der Waals surface area contributed by atoms with E-state index < -0.39 is 0 Å². The standard InChI is InChI=1S/C19H20Br2IN2O3.Li/c1-19(2)10-27-18(23-19)17-16(21)12(20)9-24(17)6-5-11-7-14(25-3)15(26-4)8-13(11)22;/h7-8H,5-6,10H2,1-4H3;/q-1;+1. The summed E-state index contributed by atoms with van der Waals surface area (Å²) in [4.78, 5) is 4.71. The fourth-order valence-corrected chi connectivity index (χ4v) is 4.43. The van der Waals surface area contributed by atoms with E-state index in [-0.39, 0.29) is 24.4 Å². The van der Waals surface area contributed by atoms with Crippen LogP contribution in [0.15, 0.2) is 26.1 Å². The van der Waals surface area contributed by atoms with Gasteiger partial charge in [0.05, 0.1) is 19.8 Å². The molecule has 1 aromatic carbocycles. The molecule has 1 aliphatic rings. The molecule has 0 saturated heterocycles. The molecule has 1 aliphatic heterocycles. The van der Waals surface area contributed by atoms with E-state index in [1.54, 1.807) is 14.2 Å². The molecule has 0 fully saturated rings. The summed E-state index contributed by atoms with van der Waals surface area (Å²) in [6.45, 7) is 5.43. The van der Waals surface area contributed by atoms with Crippen LogP contribution in [0.1, 0.15) is 25.1 Å². The minimum atomic E-state index is -0.213. The molecule has 0 saturated carbocycles. The minimum Gasteiger partial charge on any atom is -0.493 e. The second kappa shape index (κ2) is 9.78. The molecule has 0 N–H and O–H groups in total. The largest absolute Gasteiger partial charge is 1.00 e. The average Bonchev–Trinajstić information content (AvgIpc) is 3.12. The molecule has 5 nitrogen and oxygen atoms in total. The number of nitrogens with zero attached hydrogens (tertiary/aromatic N) is 2. The molecule has 146 valence electrons. The summed E-state index contributed by atoms with van der Waals surface area (Å²) in [5.41, 5.74) is 1.88. The van der Waals surface area contributed by atoms with Gasteiger partial charge in [0.1, 0.15) is 6.61 Å². The van der Waals surface area contributed by atoms with Crippen LogP contribution in [-0.2, 0) is 17.7 Å². The normalized spacial score (nSPS) is 14.9. The van der Waals surface area contributed by atoms with Crippen molar-refractivity contribution in [2.45, 2.75) is 32.4 Å². The van der Waals surface area contributed by atoms with Crippen LogP contribution in [0.5, 0.6) is 11.5 Å². The first-order valence-electron chi connectivity index (χ1n) is 8.36. The Morgan fingerprint density at radius 1 is 1.25 bits per heavy atom. The van der Waals surface area contributed by atoms with Crippen molar-refractivity contribution < 1.29 is 33.1 Å². The minimum absolute atomic E-state index is 0. The van der Waals surface area contributed by atoms with E-state index in [0.717, 1.165) is 42.7 Å². The summed E-state index contributed by atoms with van der Waals surface area (Å²) in [6.07, 6.45) is 4.14. The SMILES string of the molecule is COc1cc(I)c(CCn2[c-]c(Br)c(Br)c2C2=NC(C)(C)CO2)cc1OC.[Li+]. The maximum Gasteiger partial charge on any atom is 1.00 e. The number of hydrogen-bond acceptors (Lipinski definition) is 4. The van der Waals surface area contributed by atoms with Gasteiger partial charge in [0.15, 0.2) is 17.4 Å². The van der Waals surface area contributed by atoms with Crippen molar-refractivity contribution in [2.24, 2.45) is 4.99 Å². The summed E-state index contributed by atoms with van der Waals surface area (Å²) in [6, 6.07) is 4.02. The third kappa shape index (κ3) is 5.12. The van der Waals surface area contributed by atoms with Crippen molar-refractivity contribution in [2.75, 3.05) is 20.8 Å². The number of hydrogen-bond donors (Lipinski definition) is 0. The van der Waals surface area contributed by atoms with Crippen molar-refractivity contribution in [3.05, 3.63) is 42.1 Å². The van der Waals surface area contributed by atoms with E-state index >= 15 is 0 Å². The van der Waals surface area contributed by atoms with Crippen LogP contribution in [0.3, 0.4) is 0 Å². The molecule has 0 spiro atoms. The van der Waals surface area contributed by atoms with Crippen LogP contribution in [0.25, 0.3) is 0 Å². The summed E-state index contributed by atoms with van der Waals surface area (Å²) in [5.74, 6) is 2.12. The van der Waals surface area contributed by atoms with Crippen molar-refractivity contribution in [1.82, 2.24) is 4.57 Å². The molecule has 0 unspecified atom stereocenters. The first-order chi connectivity index (χ1) is 12.8. The number of aromatic nitrogens is 1. The maximum absolute atomic E-state index is 5.85. The molecule has 2 heterocycles. The fourth-order valence-electron chi connectivity index (χ4n) is 2.85. The monoisotopic (exact) mass is 616 g/mol. The van der Waals surface area contributed by atoms with Gasteiger partial charge in [0, 0.05) is 10.1 Å². The van der Waals surface area contributed by atoms with E-state index in [2.05, 4.69) is 74.5 Å². The summed E-state index contributed by atoms with van der Waals surface area (Å²) in [7, 11) is 3.30. The zero-order chi connectivity index (χ0) is 19.8. The molecule has 0 atom stereocenters. The summed E-state index contributed by atoms with van der Waals surface area (Å²) >= 11 is 9.51. The van der Waals surface area contributed by atoms with Crippen LogP contribution < -0.4 is 28.3 Å². The van der Waals surface area contributed by atoms with E-state index in [4.69, 9.17) is 19.2 Å². The van der Waals surface area contributed by atoms with Crippen LogP contribution >= 0.6 is 54.5 Å². The molecule has 2 aromatic rings. The molecule has 0 amide bonds. The molecular formula is C19H20Br2ILiN2O3. The molecule has 9 heteroatoms. The predicted octanol–water partition coefficient (Wildman–Crippen LogP) is 2.24. The van der Waals surface area contributed by atoms with Crippen LogP contribution in [0.2, 0.25) is 0 Å². The maximum atomic E-state index is 5.85. The van der Waals surface area contributed by atoms with Gasteiger partial charge in [-0.1, -0.05) is 31.1 Å². The molecule has 0 aliphatic carbocycles. The number of methoxy groups -OCH3 is 2. The fraction of sp³-hybridized carbons (Fsp3) is 0.421. The Hall–Kier alpha value is -0.143. The van der Waals surface area contributed by atoms with Crippen LogP contribution in [0.4, 0.5) is 0 Å². The van der Waals surface area contributed by atoms with Gasteiger partial charge < -0.3 is 18.8 Å². The molecule has 1 aromatic heterocycles. The van der Waals surface area contributed by atoms with Gasteiger partial charge in [-0.3, -0.25) is 4.99 Å². The molecule has 0 radical (unpaired) electrons. The van der Waals surface area contributed by atoms with Gasteiger partial charge in [0.25, 0.3) is 0 Å². The second-order valence-corrected chi connectivity index (χ2v) is 9.55. The number of benzene rings is 1. The van der Waals surface area contributed by atoms with E-state index in [9.17, 15) is 0 Å². The van der Waals surface area contributed by atoms with E-state index in [0.29, 0.717) is 12.5 Å². The van der Waals surface area contributed by atoms with Gasteiger partial charge in [-0.25, -0.2) is 0 Å². The Balaban J connectivity index is 0.00000280. The van der Waals surface area contributed by atoms with Crippen molar-refractivity contribution in [1.29, 1.82) is 0 Å². The summed E-state index contributed by atoms with van der Waals surface area (Å²) in [5, 5.41) is 0. The van der Waals surface area contributed by atoms with Gasteiger partial charge >= 0.3 is 18.9 Å². The Morgan fingerprint density at radius 3 is 2.46 bits per heavy atom. The second-order valence-electron chi connectivity index (χ2n) is 6.81. The predicted molar refractivity (Wildman–Crippen MR) is 121 cm³/mol. The molecule has 3 rings (SSSR count). The number of rotatable bonds is 6. The van der Waals surface area contributed by atoms with Crippen molar-refractivity contribution >= 4 is 60.3 Å². The third-order valence-electron chi connectivity index (χ3n) is 4.23. The number of aliphatic imine (C=N–C) groups is 1.